The number of hydrogen-bond acceptors (Lipinski definition) is 4. The summed E-state index contributed by atoms with van der Waals surface area (Å²) < 4.78 is 0. The van der Waals surface area contributed by atoms with E-state index in [0.29, 0.717) is 6.04 Å². The molecule has 0 aliphatic heterocycles. The summed E-state index contributed by atoms with van der Waals surface area (Å²) in [4.78, 5) is 1.55. The zero-order chi connectivity index (χ0) is 13.5. The molecule has 0 spiro atoms. The summed E-state index contributed by atoms with van der Waals surface area (Å²) in [6.45, 7) is 3.29. The monoisotopic (exact) mass is 265 g/mol. The van der Waals surface area contributed by atoms with E-state index in [1.165, 1.54) is 44.9 Å². The van der Waals surface area contributed by atoms with Gasteiger partial charge in [-0.2, -0.15) is 4.80 Å². The maximum absolute atomic E-state index is 4.31. The smallest absolute Gasteiger partial charge is 0.176 e. The van der Waals surface area contributed by atoms with Crippen molar-refractivity contribution in [3.63, 3.8) is 0 Å². The molecule has 1 aromatic rings. The maximum Gasteiger partial charge on any atom is 0.176 e. The largest absolute Gasteiger partial charge is 0.314 e. The molecule has 1 fully saturated rings. The first-order valence-electron chi connectivity index (χ1n) is 7.74. The molecule has 0 saturated heterocycles. The first-order chi connectivity index (χ1) is 9.28. The fourth-order valence-corrected chi connectivity index (χ4v) is 3.04. The molecule has 1 aliphatic rings. The topological polar surface area (TPSA) is 55.6 Å². The van der Waals surface area contributed by atoms with Crippen molar-refractivity contribution in [2.75, 3.05) is 6.54 Å². The van der Waals surface area contributed by atoms with Crippen LogP contribution >= 0.6 is 0 Å². The Morgan fingerprint density at radius 2 is 2.11 bits per heavy atom. The van der Waals surface area contributed by atoms with Gasteiger partial charge in [-0.1, -0.05) is 39.0 Å². The lowest BCUT2D eigenvalue weighted by atomic mass is 9.84. The van der Waals surface area contributed by atoms with Gasteiger partial charge in [0.1, 0.15) is 0 Å². The van der Waals surface area contributed by atoms with E-state index < -0.39 is 0 Å². The number of tetrazole rings is 1. The summed E-state index contributed by atoms with van der Waals surface area (Å²) in [5.41, 5.74) is 0. The Kier molecular flexibility index (Phi) is 5.76. The van der Waals surface area contributed by atoms with Gasteiger partial charge in [0.05, 0.1) is 7.05 Å². The number of nitrogens with zero attached hydrogens (tertiary/aromatic N) is 4. The van der Waals surface area contributed by atoms with Crippen molar-refractivity contribution < 1.29 is 0 Å². The molecule has 0 radical (unpaired) electrons. The fraction of sp³-hybridized carbons (Fsp3) is 0.929. The Balaban J connectivity index is 1.86. The van der Waals surface area contributed by atoms with Crippen molar-refractivity contribution >= 4 is 0 Å². The highest BCUT2D eigenvalue weighted by Crippen LogP contribution is 2.27. The minimum atomic E-state index is 0.507. The van der Waals surface area contributed by atoms with Crippen molar-refractivity contribution in [1.29, 1.82) is 0 Å². The summed E-state index contributed by atoms with van der Waals surface area (Å²) in [7, 11) is 1.83. The standard InChI is InChI=1S/C14H27N5/c1-3-9-15-13(10-12-7-5-4-6-8-12)11-14-16-18-19(2)17-14/h12-13,15H,3-11H2,1-2H3. The lowest BCUT2D eigenvalue weighted by Crippen LogP contribution is -2.34. The van der Waals surface area contributed by atoms with Gasteiger partial charge in [-0.15, -0.1) is 10.2 Å². The molecule has 1 aliphatic carbocycles. The highest BCUT2D eigenvalue weighted by Gasteiger charge is 2.20. The van der Waals surface area contributed by atoms with Crippen molar-refractivity contribution in [1.82, 2.24) is 25.5 Å². The predicted octanol–water partition coefficient (Wildman–Crippen LogP) is 2.09. The van der Waals surface area contributed by atoms with Crippen molar-refractivity contribution in [3.8, 4) is 0 Å². The quantitative estimate of drug-likeness (QED) is 0.820. The highest BCUT2D eigenvalue weighted by atomic mass is 15.6. The molecule has 1 N–H and O–H groups in total. The molecule has 1 aromatic heterocycles. The van der Waals surface area contributed by atoms with Gasteiger partial charge in [0.15, 0.2) is 5.82 Å². The third-order valence-electron chi connectivity index (χ3n) is 4.00. The van der Waals surface area contributed by atoms with Gasteiger partial charge in [-0.05, 0) is 30.5 Å². The number of aromatic nitrogens is 4. The molecule has 108 valence electrons. The lowest BCUT2D eigenvalue weighted by Gasteiger charge is -2.26. The van der Waals surface area contributed by atoms with E-state index in [4.69, 9.17) is 0 Å². The van der Waals surface area contributed by atoms with Gasteiger partial charge in [0, 0.05) is 12.5 Å². The van der Waals surface area contributed by atoms with Crippen LogP contribution < -0.4 is 5.32 Å². The average molecular weight is 265 g/mol. The molecule has 5 heteroatoms. The maximum atomic E-state index is 4.31. The summed E-state index contributed by atoms with van der Waals surface area (Å²) >= 11 is 0. The molecular formula is C14H27N5. The van der Waals surface area contributed by atoms with E-state index in [2.05, 4.69) is 27.7 Å². The molecule has 1 unspecified atom stereocenters. The Morgan fingerprint density at radius 3 is 2.74 bits per heavy atom. The second-order valence-corrected chi connectivity index (χ2v) is 5.79. The second kappa shape index (κ2) is 7.58. The predicted molar refractivity (Wildman–Crippen MR) is 75.8 cm³/mol. The number of hydrogen-bond donors (Lipinski definition) is 1. The van der Waals surface area contributed by atoms with Gasteiger partial charge < -0.3 is 5.32 Å². The first kappa shape index (κ1) is 14.4. The Hall–Kier alpha value is -0.970. The van der Waals surface area contributed by atoms with Crippen LogP contribution in [0.25, 0.3) is 0 Å². The van der Waals surface area contributed by atoms with Crippen LogP contribution in [0.5, 0.6) is 0 Å². The normalized spacial score (nSPS) is 18.6. The van der Waals surface area contributed by atoms with E-state index in [1.807, 2.05) is 7.05 Å². The average Bonchev–Trinajstić information content (AvgIpc) is 2.82. The third-order valence-corrected chi connectivity index (χ3v) is 4.00. The van der Waals surface area contributed by atoms with Crippen LogP contribution in [0.3, 0.4) is 0 Å². The molecule has 0 bridgehead atoms. The molecule has 1 heterocycles. The van der Waals surface area contributed by atoms with Crippen LogP contribution in [0.1, 0.15) is 57.7 Å². The lowest BCUT2D eigenvalue weighted by molar-refractivity contribution is 0.295. The Bertz CT molecular complexity index is 356. The molecule has 2 rings (SSSR count). The van der Waals surface area contributed by atoms with Crippen LogP contribution in [-0.2, 0) is 13.5 Å². The van der Waals surface area contributed by atoms with Gasteiger partial charge in [0.25, 0.3) is 0 Å². The van der Waals surface area contributed by atoms with Crippen molar-refractivity contribution in [3.05, 3.63) is 5.82 Å². The Labute approximate surface area is 116 Å². The minimum absolute atomic E-state index is 0.507. The second-order valence-electron chi connectivity index (χ2n) is 5.79. The van der Waals surface area contributed by atoms with E-state index in [9.17, 15) is 0 Å². The molecule has 1 atom stereocenters. The van der Waals surface area contributed by atoms with E-state index in [0.717, 1.165) is 24.7 Å². The summed E-state index contributed by atoms with van der Waals surface area (Å²) in [6, 6.07) is 0.507. The summed E-state index contributed by atoms with van der Waals surface area (Å²) in [5, 5.41) is 16.0. The molecule has 0 amide bonds. The van der Waals surface area contributed by atoms with Crippen LogP contribution in [0.4, 0.5) is 0 Å². The molecular weight excluding hydrogens is 238 g/mol. The Morgan fingerprint density at radius 1 is 1.32 bits per heavy atom. The fourth-order valence-electron chi connectivity index (χ4n) is 3.04. The van der Waals surface area contributed by atoms with Crippen molar-refractivity contribution in [2.24, 2.45) is 13.0 Å². The van der Waals surface area contributed by atoms with Gasteiger partial charge >= 0.3 is 0 Å². The molecule has 19 heavy (non-hydrogen) atoms. The SMILES string of the molecule is CCCNC(Cc1nnn(C)n1)CC1CCCCC1. The number of aryl methyl sites for hydroxylation is 1. The van der Waals surface area contributed by atoms with E-state index in [1.54, 1.807) is 4.80 Å². The summed E-state index contributed by atoms with van der Waals surface area (Å²) in [6.07, 6.45) is 10.4. The van der Waals surface area contributed by atoms with Gasteiger partial charge in [-0.25, -0.2) is 0 Å². The van der Waals surface area contributed by atoms with Crippen LogP contribution in [0.15, 0.2) is 0 Å². The third kappa shape index (κ3) is 4.90. The van der Waals surface area contributed by atoms with Gasteiger partial charge in [-0.3, -0.25) is 0 Å². The zero-order valence-corrected chi connectivity index (χ0v) is 12.3. The molecule has 0 aromatic carbocycles. The summed E-state index contributed by atoms with van der Waals surface area (Å²) in [5.74, 6) is 1.76. The minimum Gasteiger partial charge on any atom is -0.314 e. The van der Waals surface area contributed by atoms with Crippen LogP contribution in [0, 0.1) is 5.92 Å². The number of rotatable bonds is 7. The van der Waals surface area contributed by atoms with Crippen LogP contribution in [0.2, 0.25) is 0 Å². The van der Waals surface area contributed by atoms with E-state index in [-0.39, 0.29) is 0 Å². The molecule has 1 saturated carbocycles. The zero-order valence-electron chi connectivity index (χ0n) is 12.3. The first-order valence-corrected chi connectivity index (χ1v) is 7.74. The number of nitrogens with one attached hydrogen (secondary N) is 1. The van der Waals surface area contributed by atoms with Crippen molar-refractivity contribution in [2.45, 2.75) is 64.3 Å². The van der Waals surface area contributed by atoms with E-state index >= 15 is 0 Å². The molecule has 5 nitrogen and oxygen atoms in total. The highest BCUT2D eigenvalue weighted by molar-refractivity contribution is 4.86. The van der Waals surface area contributed by atoms with Gasteiger partial charge in [0.2, 0.25) is 0 Å². The van der Waals surface area contributed by atoms with Crippen LogP contribution in [-0.4, -0.2) is 32.8 Å².